The molecule has 6 nitrogen and oxygen atoms in total. The topological polar surface area (TPSA) is 65.5 Å². The van der Waals surface area contributed by atoms with Gasteiger partial charge in [-0.3, -0.25) is 19.5 Å². The van der Waals surface area contributed by atoms with Crippen LogP contribution in [-0.2, 0) is 9.59 Å². The predicted octanol–water partition coefficient (Wildman–Crippen LogP) is 2.12. The van der Waals surface area contributed by atoms with Crippen molar-refractivity contribution in [2.24, 2.45) is 5.92 Å². The lowest BCUT2D eigenvalue weighted by Crippen LogP contribution is -2.54. The third-order valence-corrected chi connectivity index (χ3v) is 5.38. The molecule has 1 aliphatic carbocycles. The molecule has 2 amide bonds. The number of nitrogens with zero attached hydrogens (tertiary/aromatic N) is 3. The van der Waals surface area contributed by atoms with Crippen LogP contribution in [0, 0.1) is 5.92 Å². The Kier molecular flexibility index (Phi) is 4.59. The summed E-state index contributed by atoms with van der Waals surface area (Å²) in [6.45, 7) is 4.83. The molecule has 26 heavy (non-hydrogen) atoms. The maximum atomic E-state index is 12.7. The van der Waals surface area contributed by atoms with Crippen molar-refractivity contribution >= 4 is 28.4 Å². The molecule has 1 aromatic carbocycles. The Morgan fingerprint density at radius 1 is 1.12 bits per heavy atom. The molecule has 0 unspecified atom stereocenters. The molecule has 2 fully saturated rings. The summed E-state index contributed by atoms with van der Waals surface area (Å²) in [5, 5.41) is 3.98. The summed E-state index contributed by atoms with van der Waals surface area (Å²) in [6.07, 6.45) is 3.83. The van der Waals surface area contributed by atoms with E-state index < -0.39 is 0 Å². The summed E-state index contributed by atoms with van der Waals surface area (Å²) in [7, 11) is 0. The highest BCUT2D eigenvalue weighted by Gasteiger charge is 2.35. The molecule has 2 aromatic rings. The van der Waals surface area contributed by atoms with Gasteiger partial charge in [0.25, 0.3) is 0 Å². The normalized spacial score (nSPS) is 19.3. The summed E-state index contributed by atoms with van der Waals surface area (Å²) in [4.78, 5) is 33.3. The number of piperazine rings is 1. The van der Waals surface area contributed by atoms with Gasteiger partial charge in [0.2, 0.25) is 11.8 Å². The quantitative estimate of drug-likeness (QED) is 0.915. The van der Waals surface area contributed by atoms with Crippen LogP contribution in [0.1, 0.15) is 19.8 Å². The Labute approximate surface area is 153 Å². The van der Waals surface area contributed by atoms with Gasteiger partial charge in [-0.05, 0) is 44.0 Å². The number of carbonyl (C=O) groups excluding carboxylic acids is 2. The molecule has 136 valence electrons. The molecule has 1 saturated heterocycles. The van der Waals surface area contributed by atoms with Gasteiger partial charge in [0.05, 0.1) is 17.2 Å². The fraction of sp³-hybridized carbons (Fsp3) is 0.450. The second-order valence-corrected chi connectivity index (χ2v) is 7.18. The van der Waals surface area contributed by atoms with Crippen molar-refractivity contribution in [1.29, 1.82) is 0 Å². The van der Waals surface area contributed by atoms with Crippen LogP contribution in [0.2, 0.25) is 0 Å². The Morgan fingerprint density at radius 2 is 1.88 bits per heavy atom. The van der Waals surface area contributed by atoms with Gasteiger partial charge in [0, 0.05) is 43.7 Å². The highest BCUT2D eigenvalue weighted by atomic mass is 16.2. The fourth-order valence-electron chi connectivity index (χ4n) is 3.53. The standard InChI is InChI=1S/C20H24N4O2/c1-14(23-10-12-24(13-11-23)20(26)15-7-8-15)19(25)22-18-6-2-5-17-16(18)4-3-9-21-17/h2-6,9,14-15H,7-8,10-13H2,1H3,(H,22,25)/t14-/m0/s1. The SMILES string of the molecule is C[C@@H](C(=O)Nc1cccc2ncccc12)N1CCN(C(=O)C2CC2)CC1. The van der Waals surface area contributed by atoms with Gasteiger partial charge >= 0.3 is 0 Å². The molecule has 1 saturated carbocycles. The number of anilines is 1. The molecule has 0 radical (unpaired) electrons. The van der Waals surface area contributed by atoms with Crippen LogP contribution in [0.25, 0.3) is 10.9 Å². The molecule has 1 atom stereocenters. The van der Waals surface area contributed by atoms with Crippen molar-refractivity contribution in [2.75, 3.05) is 31.5 Å². The minimum Gasteiger partial charge on any atom is -0.340 e. The van der Waals surface area contributed by atoms with Gasteiger partial charge < -0.3 is 10.2 Å². The Balaban J connectivity index is 1.38. The summed E-state index contributed by atoms with van der Waals surface area (Å²) < 4.78 is 0. The van der Waals surface area contributed by atoms with E-state index in [2.05, 4.69) is 15.2 Å². The third kappa shape index (κ3) is 3.42. The van der Waals surface area contributed by atoms with Crippen molar-refractivity contribution in [3.63, 3.8) is 0 Å². The summed E-state index contributed by atoms with van der Waals surface area (Å²) in [5.74, 6) is 0.538. The highest BCUT2D eigenvalue weighted by Crippen LogP contribution is 2.31. The van der Waals surface area contributed by atoms with Crippen LogP contribution in [0.5, 0.6) is 0 Å². The van der Waals surface area contributed by atoms with Crippen molar-refractivity contribution in [2.45, 2.75) is 25.8 Å². The molecule has 1 aromatic heterocycles. The van der Waals surface area contributed by atoms with E-state index in [1.165, 1.54) is 0 Å². The summed E-state index contributed by atoms with van der Waals surface area (Å²) in [6, 6.07) is 9.34. The number of carbonyl (C=O) groups is 2. The first-order valence-corrected chi connectivity index (χ1v) is 9.31. The predicted molar refractivity (Wildman–Crippen MR) is 101 cm³/mol. The van der Waals surface area contributed by atoms with Gasteiger partial charge in [-0.1, -0.05) is 6.07 Å². The lowest BCUT2D eigenvalue weighted by Gasteiger charge is -2.37. The second-order valence-electron chi connectivity index (χ2n) is 7.18. The van der Waals surface area contributed by atoms with E-state index in [9.17, 15) is 9.59 Å². The molecule has 1 N–H and O–H groups in total. The molecule has 2 aliphatic rings. The minimum atomic E-state index is -0.236. The lowest BCUT2D eigenvalue weighted by atomic mass is 10.1. The Bertz CT molecular complexity index is 820. The molecular formula is C20H24N4O2. The molecule has 0 spiro atoms. The fourth-order valence-corrected chi connectivity index (χ4v) is 3.53. The van der Waals surface area contributed by atoms with Gasteiger partial charge in [-0.15, -0.1) is 0 Å². The Morgan fingerprint density at radius 3 is 2.62 bits per heavy atom. The van der Waals surface area contributed by atoms with Crippen LogP contribution >= 0.6 is 0 Å². The maximum Gasteiger partial charge on any atom is 0.241 e. The van der Waals surface area contributed by atoms with Gasteiger partial charge in [-0.2, -0.15) is 0 Å². The maximum absolute atomic E-state index is 12.7. The average molecular weight is 352 g/mol. The first-order chi connectivity index (χ1) is 12.6. The molecule has 2 heterocycles. The lowest BCUT2D eigenvalue weighted by molar-refractivity contribution is -0.135. The number of nitrogens with one attached hydrogen (secondary N) is 1. The van der Waals surface area contributed by atoms with E-state index in [1.807, 2.05) is 42.2 Å². The molecule has 4 rings (SSSR count). The highest BCUT2D eigenvalue weighted by molar-refractivity contribution is 6.02. The number of pyridine rings is 1. The zero-order valence-electron chi connectivity index (χ0n) is 15.0. The number of hydrogen-bond donors (Lipinski definition) is 1. The van der Waals surface area contributed by atoms with Crippen molar-refractivity contribution in [3.05, 3.63) is 36.5 Å². The summed E-state index contributed by atoms with van der Waals surface area (Å²) in [5.41, 5.74) is 1.65. The first-order valence-electron chi connectivity index (χ1n) is 9.31. The van der Waals surface area contributed by atoms with Crippen LogP contribution in [0.3, 0.4) is 0 Å². The van der Waals surface area contributed by atoms with Gasteiger partial charge in [-0.25, -0.2) is 0 Å². The average Bonchev–Trinajstić information content (AvgIpc) is 3.52. The van der Waals surface area contributed by atoms with E-state index in [1.54, 1.807) is 6.20 Å². The van der Waals surface area contributed by atoms with Crippen molar-refractivity contribution < 1.29 is 9.59 Å². The Hall–Kier alpha value is -2.47. The molecule has 1 aliphatic heterocycles. The molecular weight excluding hydrogens is 328 g/mol. The monoisotopic (exact) mass is 352 g/mol. The smallest absolute Gasteiger partial charge is 0.241 e. The first kappa shape index (κ1) is 17.0. The number of aromatic nitrogens is 1. The van der Waals surface area contributed by atoms with Crippen molar-refractivity contribution in [1.82, 2.24) is 14.8 Å². The number of amides is 2. The third-order valence-electron chi connectivity index (χ3n) is 5.38. The zero-order valence-corrected chi connectivity index (χ0v) is 15.0. The van der Waals surface area contributed by atoms with Crippen molar-refractivity contribution in [3.8, 4) is 0 Å². The van der Waals surface area contributed by atoms with Crippen LogP contribution in [0.4, 0.5) is 5.69 Å². The molecule has 6 heteroatoms. The van der Waals surface area contributed by atoms with Gasteiger partial charge in [0.1, 0.15) is 0 Å². The number of fused-ring (bicyclic) bond motifs is 1. The molecule has 0 bridgehead atoms. The van der Waals surface area contributed by atoms with E-state index >= 15 is 0 Å². The van der Waals surface area contributed by atoms with Crippen LogP contribution < -0.4 is 5.32 Å². The number of benzene rings is 1. The second kappa shape index (κ2) is 7.03. The number of hydrogen-bond acceptors (Lipinski definition) is 4. The van der Waals surface area contributed by atoms with E-state index in [-0.39, 0.29) is 17.9 Å². The van der Waals surface area contributed by atoms with Crippen LogP contribution in [0.15, 0.2) is 36.5 Å². The summed E-state index contributed by atoms with van der Waals surface area (Å²) >= 11 is 0. The largest absolute Gasteiger partial charge is 0.340 e. The van der Waals surface area contributed by atoms with Crippen LogP contribution in [-0.4, -0.2) is 58.8 Å². The number of rotatable bonds is 4. The van der Waals surface area contributed by atoms with E-state index in [0.717, 1.165) is 42.5 Å². The van der Waals surface area contributed by atoms with E-state index in [0.29, 0.717) is 19.0 Å². The van der Waals surface area contributed by atoms with E-state index in [4.69, 9.17) is 0 Å². The zero-order chi connectivity index (χ0) is 18.1. The van der Waals surface area contributed by atoms with Gasteiger partial charge in [0.15, 0.2) is 0 Å². The minimum absolute atomic E-state index is 0.0247.